The van der Waals surface area contributed by atoms with Crippen molar-refractivity contribution in [3.63, 3.8) is 0 Å². The monoisotopic (exact) mass is 403 g/mol. The minimum atomic E-state index is -1.33. The van der Waals surface area contributed by atoms with E-state index >= 15 is 0 Å². The minimum absolute atomic E-state index is 0.0454. The van der Waals surface area contributed by atoms with Crippen molar-refractivity contribution in [3.05, 3.63) is 59.7 Å². The molecule has 2 saturated carbocycles. The first-order chi connectivity index (χ1) is 14.4. The van der Waals surface area contributed by atoms with Gasteiger partial charge in [0.15, 0.2) is 0 Å². The molecule has 2 aromatic rings. The van der Waals surface area contributed by atoms with E-state index < -0.39 is 11.9 Å². The van der Waals surface area contributed by atoms with Crippen molar-refractivity contribution in [1.82, 2.24) is 0 Å². The molecule has 2 aromatic carbocycles. The third-order valence-electron chi connectivity index (χ3n) is 6.65. The second-order valence-electron chi connectivity index (χ2n) is 8.27. The fourth-order valence-electron chi connectivity index (χ4n) is 5.38. The maximum Gasteiger partial charge on any atom is 0.255 e. The van der Waals surface area contributed by atoms with Gasteiger partial charge in [-0.15, -0.1) is 0 Å². The first kappa shape index (κ1) is 18.5. The number of fused-ring (bicyclic) bond motifs is 5. The zero-order valence-corrected chi connectivity index (χ0v) is 16.0. The summed E-state index contributed by atoms with van der Waals surface area (Å²) in [5.41, 5.74) is 0.935. The molecule has 0 aromatic heterocycles. The van der Waals surface area contributed by atoms with Crippen molar-refractivity contribution in [2.75, 3.05) is 10.2 Å². The Hall–Kier alpha value is -3.48. The molecule has 7 nitrogen and oxygen atoms in total. The van der Waals surface area contributed by atoms with E-state index in [1.54, 1.807) is 24.3 Å². The lowest BCUT2D eigenvalue weighted by Crippen LogP contribution is -2.33. The number of aromatic carboxylic acids is 1. The number of carbonyl (C=O) groups is 4. The summed E-state index contributed by atoms with van der Waals surface area (Å²) in [4.78, 5) is 50.9. The van der Waals surface area contributed by atoms with Crippen molar-refractivity contribution in [1.29, 1.82) is 0 Å². The quantitative estimate of drug-likeness (QED) is 0.784. The molecule has 7 heteroatoms. The molecule has 3 amide bonds. The lowest BCUT2D eigenvalue weighted by atomic mass is 9.81. The fourth-order valence-corrected chi connectivity index (χ4v) is 5.38. The molecule has 0 radical (unpaired) electrons. The number of carboxylic acids is 1. The number of imide groups is 1. The standard InChI is InChI=1S/C23H20N2O5/c26-20(24-16-5-1-4-15(10-16)23(29)30)14-3-2-6-17(11-14)25-21(27)18-12-7-8-13(9-12)19(18)22(25)28/h1-6,10-13,18-19H,7-9H2,(H,24,26)(H,29,30)/p-1/t12-,13-,18-,19+/m0/s1. The van der Waals surface area contributed by atoms with Crippen LogP contribution in [0.3, 0.4) is 0 Å². The molecule has 0 spiro atoms. The summed E-state index contributed by atoms with van der Waals surface area (Å²) in [6.45, 7) is 0. The molecule has 2 aliphatic carbocycles. The predicted molar refractivity (Wildman–Crippen MR) is 105 cm³/mol. The van der Waals surface area contributed by atoms with Gasteiger partial charge in [-0.1, -0.05) is 18.2 Å². The Kier molecular flexibility index (Phi) is 4.20. The summed E-state index contributed by atoms with van der Waals surface area (Å²) in [6, 6.07) is 12.2. The molecule has 3 aliphatic rings. The van der Waals surface area contributed by atoms with Crippen LogP contribution < -0.4 is 15.3 Å². The number of carboxylic acid groups (broad SMARTS) is 1. The Bertz CT molecular complexity index is 1070. The number of hydrogen-bond acceptors (Lipinski definition) is 5. The van der Waals surface area contributed by atoms with E-state index in [9.17, 15) is 24.3 Å². The van der Waals surface area contributed by atoms with Crippen LogP contribution in [0.1, 0.15) is 40.0 Å². The molecule has 0 unspecified atom stereocenters. The van der Waals surface area contributed by atoms with Crippen LogP contribution in [0.15, 0.2) is 48.5 Å². The number of benzene rings is 2. The fraction of sp³-hybridized carbons (Fsp3) is 0.304. The van der Waals surface area contributed by atoms with E-state index in [0.29, 0.717) is 23.2 Å². The van der Waals surface area contributed by atoms with E-state index in [1.807, 2.05) is 0 Å². The largest absolute Gasteiger partial charge is 0.545 e. The molecule has 1 N–H and O–H groups in total. The van der Waals surface area contributed by atoms with Crippen LogP contribution in [0.25, 0.3) is 0 Å². The van der Waals surface area contributed by atoms with Crippen LogP contribution in [-0.2, 0) is 9.59 Å². The highest BCUT2D eigenvalue weighted by atomic mass is 16.4. The van der Waals surface area contributed by atoms with Crippen molar-refractivity contribution in [2.24, 2.45) is 23.7 Å². The lowest BCUT2D eigenvalue weighted by Gasteiger charge is -2.19. The van der Waals surface area contributed by atoms with Crippen LogP contribution in [-0.4, -0.2) is 23.7 Å². The number of rotatable bonds is 4. The van der Waals surface area contributed by atoms with Crippen LogP contribution in [0, 0.1) is 23.7 Å². The van der Waals surface area contributed by atoms with Crippen molar-refractivity contribution < 1.29 is 24.3 Å². The van der Waals surface area contributed by atoms with Crippen molar-refractivity contribution >= 4 is 35.1 Å². The molecule has 3 fully saturated rings. The molecule has 5 rings (SSSR count). The molecule has 1 saturated heterocycles. The van der Waals surface area contributed by atoms with Crippen molar-refractivity contribution in [2.45, 2.75) is 19.3 Å². The summed E-state index contributed by atoms with van der Waals surface area (Å²) in [6.07, 6.45) is 2.98. The maximum atomic E-state index is 13.0. The molecule has 1 heterocycles. The average molecular weight is 403 g/mol. The summed E-state index contributed by atoms with van der Waals surface area (Å²) in [5, 5.41) is 13.6. The number of anilines is 2. The number of nitrogens with zero attached hydrogens (tertiary/aromatic N) is 1. The third-order valence-corrected chi connectivity index (χ3v) is 6.65. The number of amides is 3. The highest BCUT2D eigenvalue weighted by Gasteiger charge is 2.61. The van der Waals surface area contributed by atoms with Crippen LogP contribution in [0.4, 0.5) is 11.4 Å². The average Bonchev–Trinajstić information content (AvgIpc) is 3.42. The first-order valence-corrected chi connectivity index (χ1v) is 10.0. The molecular weight excluding hydrogens is 384 g/mol. The third kappa shape index (κ3) is 2.81. The highest BCUT2D eigenvalue weighted by Crippen LogP contribution is 2.56. The normalized spacial score (nSPS) is 26.7. The predicted octanol–water partition coefficient (Wildman–Crippen LogP) is 1.84. The van der Waals surface area contributed by atoms with E-state index in [1.165, 1.54) is 29.2 Å². The molecule has 4 atom stereocenters. The maximum absolute atomic E-state index is 13.0. The van der Waals surface area contributed by atoms with Gasteiger partial charge >= 0.3 is 0 Å². The molecule has 2 bridgehead atoms. The van der Waals surface area contributed by atoms with Gasteiger partial charge in [-0.2, -0.15) is 0 Å². The number of nitrogens with one attached hydrogen (secondary N) is 1. The minimum Gasteiger partial charge on any atom is -0.545 e. The zero-order chi connectivity index (χ0) is 21.0. The van der Waals surface area contributed by atoms with Crippen LogP contribution in [0.5, 0.6) is 0 Å². The van der Waals surface area contributed by atoms with Crippen LogP contribution in [0.2, 0.25) is 0 Å². The SMILES string of the molecule is O=C([O-])c1cccc(NC(=O)c2cccc(N3C(=O)[C@@H]4[C@H]5CC[C@@H](C5)[C@@H]4C3=O)c2)c1. The van der Waals surface area contributed by atoms with Gasteiger partial charge in [0.1, 0.15) is 0 Å². The number of hydrogen-bond donors (Lipinski definition) is 1. The van der Waals surface area contributed by atoms with Gasteiger partial charge < -0.3 is 15.2 Å². The van der Waals surface area contributed by atoms with Gasteiger partial charge in [0.05, 0.1) is 23.5 Å². The smallest absolute Gasteiger partial charge is 0.255 e. The summed E-state index contributed by atoms with van der Waals surface area (Å²) >= 11 is 0. The lowest BCUT2D eigenvalue weighted by molar-refractivity contribution is -0.255. The van der Waals surface area contributed by atoms with E-state index in [0.717, 1.165) is 19.3 Å². The summed E-state index contributed by atoms with van der Waals surface area (Å²) < 4.78 is 0. The molecule has 30 heavy (non-hydrogen) atoms. The van der Waals surface area contributed by atoms with Crippen LogP contribution >= 0.6 is 0 Å². The van der Waals surface area contributed by atoms with E-state index in [2.05, 4.69) is 5.32 Å². The number of carbonyl (C=O) groups excluding carboxylic acids is 4. The second-order valence-corrected chi connectivity index (χ2v) is 8.27. The topological polar surface area (TPSA) is 107 Å². The highest BCUT2D eigenvalue weighted by molar-refractivity contribution is 6.23. The van der Waals surface area contributed by atoms with E-state index in [-0.39, 0.29) is 34.8 Å². The van der Waals surface area contributed by atoms with Gasteiger partial charge in [-0.05, 0) is 67.0 Å². The second kappa shape index (κ2) is 6.79. The summed E-state index contributed by atoms with van der Waals surface area (Å²) in [7, 11) is 0. The van der Waals surface area contributed by atoms with Crippen molar-refractivity contribution in [3.8, 4) is 0 Å². The van der Waals surface area contributed by atoms with Gasteiger partial charge in [0.2, 0.25) is 11.8 Å². The molecule has 1 aliphatic heterocycles. The van der Waals surface area contributed by atoms with Gasteiger partial charge in [-0.25, -0.2) is 0 Å². The molecular formula is C23H19N2O5-. The summed E-state index contributed by atoms with van der Waals surface area (Å²) in [5.74, 6) is -1.96. The van der Waals surface area contributed by atoms with E-state index in [4.69, 9.17) is 0 Å². The van der Waals surface area contributed by atoms with Gasteiger partial charge in [0.25, 0.3) is 5.91 Å². The molecule has 152 valence electrons. The van der Waals surface area contributed by atoms with Gasteiger partial charge in [-0.3, -0.25) is 19.3 Å². The zero-order valence-electron chi connectivity index (χ0n) is 16.0. The first-order valence-electron chi connectivity index (χ1n) is 10.0. The Morgan fingerprint density at radius 3 is 2.20 bits per heavy atom. The Morgan fingerprint density at radius 2 is 1.53 bits per heavy atom. The Morgan fingerprint density at radius 1 is 0.900 bits per heavy atom. The Labute approximate surface area is 172 Å². The van der Waals surface area contributed by atoms with Gasteiger partial charge in [0, 0.05) is 11.3 Å². The Balaban J connectivity index is 1.39.